The normalized spacial score (nSPS) is 12.2. The summed E-state index contributed by atoms with van der Waals surface area (Å²) in [6.07, 6.45) is 2.57. The molecule has 1 amide bonds. The molecule has 1 aromatic carbocycles. The Balaban J connectivity index is 2.21. The Hall–Kier alpha value is -3.42. The van der Waals surface area contributed by atoms with Gasteiger partial charge in [0.1, 0.15) is 17.9 Å². The van der Waals surface area contributed by atoms with E-state index in [4.69, 9.17) is 14.6 Å². The quantitative estimate of drug-likeness (QED) is 0.669. The highest BCUT2D eigenvalue weighted by molar-refractivity contribution is 5.95. The van der Waals surface area contributed by atoms with Crippen molar-refractivity contribution in [2.75, 3.05) is 0 Å². The summed E-state index contributed by atoms with van der Waals surface area (Å²) in [6, 6.07) is 3.55. The fourth-order valence-electron chi connectivity index (χ4n) is 2.13. The number of rotatable bonds is 6. The van der Waals surface area contributed by atoms with E-state index in [1.807, 2.05) is 12.2 Å². The van der Waals surface area contributed by atoms with Gasteiger partial charge in [-0.3, -0.25) is 14.4 Å². The van der Waals surface area contributed by atoms with Gasteiger partial charge in [0.15, 0.2) is 5.43 Å². The highest BCUT2D eigenvalue weighted by Gasteiger charge is 2.22. The Morgan fingerprint density at radius 1 is 1.28 bits per heavy atom. The largest absolute Gasteiger partial charge is 0.481 e. The van der Waals surface area contributed by atoms with Gasteiger partial charge >= 0.3 is 11.9 Å². The Morgan fingerprint density at radius 3 is 2.64 bits per heavy atom. The minimum atomic E-state index is -1.56. The van der Waals surface area contributed by atoms with Crippen LogP contribution in [0.15, 0.2) is 39.7 Å². The number of aliphatic carboxylic acids is 2. The van der Waals surface area contributed by atoms with Gasteiger partial charge in [-0.25, -0.2) is 4.79 Å². The number of carbonyl (C=O) groups excluding carboxylic acids is 1. The number of carboxylic acid groups (broad SMARTS) is 2. The smallest absolute Gasteiger partial charge is 0.326 e. The van der Waals surface area contributed by atoms with Gasteiger partial charge in [-0.15, -0.1) is 0 Å². The van der Waals surface area contributed by atoms with E-state index in [2.05, 4.69) is 0 Å². The van der Waals surface area contributed by atoms with Crippen LogP contribution in [0.4, 0.5) is 0 Å². The number of fused-ring (bicyclic) bond motifs is 1. The van der Waals surface area contributed by atoms with Crippen LogP contribution < -0.4 is 10.7 Å². The lowest BCUT2D eigenvalue weighted by atomic mass is 10.1. The molecule has 2 rings (SSSR count). The van der Waals surface area contributed by atoms with E-state index < -0.39 is 30.3 Å². The zero-order valence-electron chi connectivity index (χ0n) is 13.2. The number of carboxylic acids is 2. The lowest BCUT2D eigenvalue weighted by molar-refractivity contribution is -0.146. The molecule has 1 atom stereocenters. The number of carbonyl (C=O) groups is 3. The van der Waals surface area contributed by atoms with E-state index in [1.54, 1.807) is 18.2 Å². The summed E-state index contributed by atoms with van der Waals surface area (Å²) in [7, 11) is 0. The summed E-state index contributed by atoms with van der Waals surface area (Å²) >= 11 is 0. The third kappa shape index (κ3) is 4.54. The van der Waals surface area contributed by atoms with Crippen molar-refractivity contribution >= 4 is 34.9 Å². The van der Waals surface area contributed by atoms with Crippen LogP contribution in [0.1, 0.15) is 17.5 Å². The number of benzene rings is 1. The monoisotopic (exact) mass is 345 g/mol. The molecule has 0 spiro atoms. The molecule has 0 radical (unpaired) electrons. The highest BCUT2D eigenvalue weighted by atomic mass is 16.4. The predicted octanol–water partition coefficient (Wildman–Crippen LogP) is 1.16. The van der Waals surface area contributed by atoms with Crippen LogP contribution in [-0.2, 0) is 14.4 Å². The van der Waals surface area contributed by atoms with Crippen LogP contribution in [0.2, 0.25) is 0 Å². The molecular weight excluding hydrogens is 330 g/mol. The average Bonchev–Trinajstić information content (AvgIpc) is 2.53. The second-order valence-electron chi connectivity index (χ2n) is 5.35. The van der Waals surface area contributed by atoms with Crippen LogP contribution in [0.25, 0.3) is 17.0 Å². The minimum Gasteiger partial charge on any atom is -0.481 e. The zero-order chi connectivity index (χ0) is 18.6. The summed E-state index contributed by atoms with van der Waals surface area (Å²) in [6.45, 7) is 1.82. The van der Waals surface area contributed by atoms with Gasteiger partial charge in [0, 0.05) is 6.08 Å². The van der Waals surface area contributed by atoms with Gasteiger partial charge in [0.05, 0.1) is 17.4 Å². The summed E-state index contributed by atoms with van der Waals surface area (Å²) in [4.78, 5) is 45.6. The standard InChI is InChI=1S/C17H15NO7/c1-9-2-4-13-11(6-9)16(22)10(8-25-13)3-5-14(19)18-12(17(23)24)7-15(20)21/h2-6,8,12H,7H2,1H3,(H,18,19)(H,20,21)(H,23,24)/b5-3+. The maximum absolute atomic E-state index is 12.4. The zero-order valence-corrected chi connectivity index (χ0v) is 13.2. The topological polar surface area (TPSA) is 134 Å². The molecule has 0 saturated carbocycles. The lowest BCUT2D eigenvalue weighted by Gasteiger charge is -2.10. The molecule has 25 heavy (non-hydrogen) atoms. The molecule has 0 fully saturated rings. The third-order valence-corrected chi connectivity index (χ3v) is 3.36. The maximum atomic E-state index is 12.4. The van der Waals surface area contributed by atoms with Gasteiger partial charge in [-0.05, 0) is 25.1 Å². The first-order valence-electron chi connectivity index (χ1n) is 7.23. The molecule has 1 heterocycles. The first-order chi connectivity index (χ1) is 11.8. The van der Waals surface area contributed by atoms with Crippen LogP contribution in [0.5, 0.6) is 0 Å². The van der Waals surface area contributed by atoms with Gasteiger partial charge in [-0.2, -0.15) is 0 Å². The van der Waals surface area contributed by atoms with Gasteiger partial charge < -0.3 is 19.9 Å². The van der Waals surface area contributed by atoms with Gasteiger partial charge in [-0.1, -0.05) is 11.6 Å². The van der Waals surface area contributed by atoms with E-state index in [9.17, 15) is 19.2 Å². The van der Waals surface area contributed by atoms with Crippen LogP contribution in [0, 0.1) is 6.92 Å². The molecule has 130 valence electrons. The average molecular weight is 345 g/mol. The fourth-order valence-corrected chi connectivity index (χ4v) is 2.13. The summed E-state index contributed by atoms with van der Waals surface area (Å²) in [5.74, 6) is -3.66. The van der Waals surface area contributed by atoms with E-state index in [0.29, 0.717) is 11.0 Å². The van der Waals surface area contributed by atoms with E-state index in [0.717, 1.165) is 11.6 Å². The SMILES string of the molecule is Cc1ccc2occ(/C=C/C(=O)NC(CC(=O)O)C(=O)O)c(=O)c2c1. The number of aryl methyl sites for hydroxylation is 1. The van der Waals surface area contributed by atoms with Crippen molar-refractivity contribution < 1.29 is 29.0 Å². The van der Waals surface area contributed by atoms with Crippen molar-refractivity contribution in [3.8, 4) is 0 Å². The van der Waals surface area contributed by atoms with Crippen molar-refractivity contribution in [3.05, 3.63) is 51.9 Å². The molecule has 0 aliphatic heterocycles. The minimum absolute atomic E-state index is 0.110. The number of hydrogen-bond donors (Lipinski definition) is 3. The molecule has 3 N–H and O–H groups in total. The van der Waals surface area contributed by atoms with Crippen LogP contribution in [0.3, 0.4) is 0 Å². The van der Waals surface area contributed by atoms with Gasteiger partial charge in [0.25, 0.3) is 0 Å². The van der Waals surface area contributed by atoms with E-state index in [1.165, 1.54) is 12.3 Å². The lowest BCUT2D eigenvalue weighted by Crippen LogP contribution is -2.41. The van der Waals surface area contributed by atoms with Crippen LogP contribution in [-0.4, -0.2) is 34.1 Å². The molecule has 2 aromatic rings. The predicted molar refractivity (Wildman–Crippen MR) is 88.1 cm³/mol. The molecule has 1 aromatic heterocycles. The molecule has 8 nitrogen and oxygen atoms in total. The Kier molecular flexibility index (Phi) is 5.33. The van der Waals surface area contributed by atoms with Crippen molar-refractivity contribution in [2.24, 2.45) is 0 Å². The molecule has 0 saturated heterocycles. The molecular formula is C17H15NO7. The van der Waals surface area contributed by atoms with Crippen molar-refractivity contribution in [1.82, 2.24) is 5.32 Å². The third-order valence-electron chi connectivity index (χ3n) is 3.36. The van der Waals surface area contributed by atoms with Crippen molar-refractivity contribution in [1.29, 1.82) is 0 Å². The van der Waals surface area contributed by atoms with Crippen LogP contribution >= 0.6 is 0 Å². The number of amides is 1. The number of nitrogens with one attached hydrogen (secondary N) is 1. The van der Waals surface area contributed by atoms with E-state index >= 15 is 0 Å². The fraction of sp³-hybridized carbons (Fsp3) is 0.176. The Labute approximate surface area is 141 Å². The maximum Gasteiger partial charge on any atom is 0.326 e. The Morgan fingerprint density at radius 2 is 2.00 bits per heavy atom. The van der Waals surface area contributed by atoms with Crippen molar-refractivity contribution in [3.63, 3.8) is 0 Å². The molecule has 0 aliphatic carbocycles. The summed E-state index contributed by atoms with van der Waals surface area (Å²) in [5.41, 5.74) is 1.05. The summed E-state index contributed by atoms with van der Waals surface area (Å²) < 4.78 is 5.33. The Bertz CT molecular complexity index is 926. The first-order valence-corrected chi connectivity index (χ1v) is 7.23. The van der Waals surface area contributed by atoms with E-state index in [-0.39, 0.29) is 11.0 Å². The molecule has 0 bridgehead atoms. The highest BCUT2D eigenvalue weighted by Crippen LogP contribution is 2.13. The first kappa shape index (κ1) is 17.9. The summed E-state index contributed by atoms with van der Waals surface area (Å²) in [5, 5.41) is 19.9. The second-order valence-corrected chi connectivity index (χ2v) is 5.35. The molecule has 1 unspecified atom stereocenters. The second kappa shape index (κ2) is 7.43. The molecule has 0 aliphatic rings. The van der Waals surface area contributed by atoms with Crippen molar-refractivity contribution in [2.45, 2.75) is 19.4 Å². The van der Waals surface area contributed by atoms with Gasteiger partial charge in [0.2, 0.25) is 5.91 Å². The number of hydrogen-bond acceptors (Lipinski definition) is 5. The molecule has 8 heteroatoms.